The fourth-order valence-electron chi connectivity index (χ4n) is 12.3. The molecule has 4 saturated heterocycles. The molecule has 2 amide bonds. The van der Waals surface area contributed by atoms with Gasteiger partial charge in [-0.15, -0.1) is 0 Å². The van der Waals surface area contributed by atoms with Crippen LogP contribution in [-0.4, -0.2) is 182 Å². The lowest BCUT2D eigenvalue weighted by Crippen LogP contribution is -2.56. The van der Waals surface area contributed by atoms with Crippen molar-refractivity contribution in [2.75, 3.05) is 27.3 Å². The van der Waals surface area contributed by atoms with Crippen LogP contribution in [0, 0.1) is 0 Å². The van der Waals surface area contributed by atoms with Crippen molar-refractivity contribution in [1.29, 1.82) is 0 Å². The summed E-state index contributed by atoms with van der Waals surface area (Å²) in [5, 5.41) is 29.9. The van der Waals surface area contributed by atoms with Crippen LogP contribution >= 0.6 is 0 Å². The standard InChI is InChI=1S/C62H80N2O20/c1-59(2)77-45-35(27-39(43(65)51(45)81-59)75-49-41(73-31-33-21-15-13-16-22-33)29-37(57(69)71-9)47-53(49)83-61(5,6)79-47)55(67)63-25-19-11-12-20-26-64-56(68)36-28-40(44(66)52-46(36)78-60(3,4)82-52)76-50-42(74-32-34-23-17-14-18-24-34)30-38(58(70)72-10)48-54(50)84-62(7,8)80-48/h13-18,21-24,27-30,39-54,65-66H,11-12,19-20,25-26,31-32H2,1-10H3,(H,63,67)(H,64,68)/t39-,40-,41-,42-,43+,44+,45+,46+,47+,48+,49+,50+,51-,52-,53+,54+/m0/s1. The number of nitrogens with one attached hydrogen (secondary N) is 2. The Morgan fingerprint density at radius 3 is 1.11 bits per heavy atom. The molecular weight excluding hydrogens is 1090 g/mol. The van der Waals surface area contributed by atoms with Crippen molar-refractivity contribution in [3.8, 4) is 0 Å². The van der Waals surface area contributed by atoms with Crippen LogP contribution in [-0.2, 0) is 98.7 Å². The molecule has 16 atom stereocenters. The molecule has 4 aliphatic carbocycles. The Bertz CT molecular complexity index is 2640. The Morgan fingerprint density at radius 1 is 0.440 bits per heavy atom. The number of carbonyl (C=O) groups excluding carboxylic acids is 4. The van der Waals surface area contributed by atoms with E-state index in [1.54, 1.807) is 79.7 Å². The minimum Gasteiger partial charge on any atom is -0.466 e. The Hall–Kier alpha value is -5.28. The molecule has 10 rings (SSSR count). The molecule has 4 aliphatic heterocycles. The van der Waals surface area contributed by atoms with Crippen LogP contribution in [0.2, 0.25) is 0 Å². The van der Waals surface area contributed by atoms with Gasteiger partial charge in [0.1, 0.15) is 97.7 Å². The molecule has 4 heterocycles. The molecule has 0 bridgehead atoms. The first-order chi connectivity index (χ1) is 39.9. The summed E-state index contributed by atoms with van der Waals surface area (Å²) < 4.78 is 86.9. The van der Waals surface area contributed by atoms with Gasteiger partial charge in [0.15, 0.2) is 23.1 Å². The average molecular weight is 1170 g/mol. The van der Waals surface area contributed by atoms with Gasteiger partial charge in [0.2, 0.25) is 11.8 Å². The van der Waals surface area contributed by atoms with Gasteiger partial charge in [0.25, 0.3) is 0 Å². The number of fused-ring (bicyclic) bond motifs is 4. The highest BCUT2D eigenvalue weighted by atomic mass is 16.8. The van der Waals surface area contributed by atoms with Crippen LogP contribution in [0.3, 0.4) is 0 Å². The topological polar surface area (TPSA) is 262 Å². The number of rotatable bonds is 21. The molecule has 8 aliphatic rings. The van der Waals surface area contributed by atoms with E-state index < -0.39 is 145 Å². The number of amides is 2. The van der Waals surface area contributed by atoms with Gasteiger partial charge in [-0.1, -0.05) is 73.5 Å². The van der Waals surface area contributed by atoms with Crippen LogP contribution in [0.5, 0.6) is 0 Å². The molecule has 458 valence electrons. The van der Waals surface area contributed by atoms with Crippen LogP contribution < -0.4 is 10.6 Å². The maximum Gasteiger partial charge on any atom is 0.336 e. The Balaban J connectivity index is 0.771. The quantitative estimate of drug-likeness (QED) is 0.0999. The van der Waals surface area contributed by atoms with Gasteiger partial charge >= 0.3 is 11.9 Å². The fourth-order valence-corrected chi connectivity index (χ4v) is 12.3. The van der Waals surface area contributed by atoms with Crippen molar-refractivity contribution in [3.63, 3.8) is 0 Å². The molecule has 4 fully saturated rings. The van der Waals surface area contributed by atoms with Crippen LogP contribution in [0.1, 0.15) is 92.2 Å². The summed E-state index contributed by atoms with van der Waals surface area (Å²) in [7, 11) is 2.57. The largest absolute Gasteiger partial charge is 0.466 e. The predicted octanol–water partition coefficient (Wildman–Crippen LogP) is 4.37. The number of esters is 2. The third kappa shape index (κ3) is 13.6. The maximum atomic E-state index is 14.2. The van der Waals surface area contributed by atoms with Gasteiger partial charge in [-0.2, -0.15) is 0 Å². The number of benzene rings is 2. The third-order valence-corrected chi connectivity index (χ3v) is 16.0. The average Bonchev–Trinajstić information content (AvgIpc) is 1.77. The van der Waals surface area contributed by atoms with Crippen LogP contribution in [0.15, 0.2) is 107 Å². The van der Waals surface area contributed by atoms with E-state index in [1.807, 2.05) is 60.7 Å². The molecule has 2 aromatic rings. The van der Waals surface area contributed by atoms with E-state index in [-0.39, 0.29) is 35.5 Å². The lowest BCUT2D eigenvalue weighted by molar-refractivity contribution is -0.198. The van der Waals surface area contributed by atoms with Crippen molar-refractivity contribution < 1.29 is 95.7 Å². The van der Waals surface area contributed by atoms with E-state index in [4.69, 9.17) is 66.3 Å². The van der Waals surface area contributed by atoms with E-state index in [9.17, 15) is 29.4 Å². The molecule has 22 heteroatoms. The SMILES string of the molecule is COC(=O)C1=C[C@H](OCc2ccccc2)[C@@H](O[C@H]2C=C(C(=O)NCCCCCCNC(=O)C3=C[C@H](O[C@H]4[C@@H]5OC(C)(C)O[C@@H]5C(C(=O)OC)=C[C@@H]4OCc4ccccc4)[C@@H](O)[C@@H]4OC(C)(C)O[C@H]34)[C@H]3OC(C)(C)O[C@H]3[C@@H]2O)[C@@H]2OC(C)(C)O[C@H]12. The minimum atomic E-state index is -1.29. The summed E-state index contributed by atoms with van der Waals surface area (Å²) in [5.74, 6) is -6.59. The highest BCUT2D eigenvalue weighted by Crippen LogP contribution is 2.46. The zero-order chi connectivity index (χ0) is 59.9. The molecule has 84 heavy (non-hydrogen) atoms. The number of hydrogen-bond acceptors (Lipinski definition) is 20. The van der Waals surface area contributed by atoms with Crippen molar-refractivity contribution in [3.05, 3.63) is 118 Å². The van der Waals surface area contributed by atoms with Gasteiger partial charge in [-0.25, -0.2) is 9.59 Å². The first-order valence-corrected chi connectivity index (χ1v) is 28.9. The molecule has 22 nitrogen and oxygen atoms in total. The molecule has 0 spiro atoms. The lowest BCUT2D eigenvalue weighted by Gasteiger charge is -2.41. The Kier molecular flexibility index (Phi) is 18.5. The molecule has 2 aromatic carbocycles. The second-order valence-electron chi connectivity index (χ2n) is 24.1. The van der Waals surface area contributed by atoms with Crippen molar-refractivity contribution in [2.24, 2.45) is 0 Å². The van der Waals surface area contributed by atoms with Gasteiger partial charge in [-0.05, 0) is 104 Å². The first kappa shape index (κ1) is 61.8. The molecule has 4 N–H and O–H groups in total. The van der Waals surface area contributed by atoms with E-state index >= 15 is 0 Å². The number of ether oxygens (including phenoxy) is 14. The Morgan fingerprint density at radius 2 is 0.762 bits per heavy atom. The highest BCUT2D eigenvalue weighted by Gasteiger charge is 2.60. The number of aliphatic hydroxyl groups is 2. The smallest absolute Gasteiger partial charge is 0.336 e. The van der Waals surface area contributed by atoms with Gasteiger partial charge in [0, 0.05) is 24.2 Å². The van der Waals surface area contributed by atoms with E-state index in [1.165, 1.54) is 14.2 Å². The number of carbonyl (C=O) groups is 4. The summed E-state index contributed by atoms with van der Waals surface area (Å²) >= 11 is 0. The number of hydrogen-bond donors (Lipinski definition) is 4. The minimum absolute atomic E-state index is 0.161. The molecule has 0 unspecified atom stereocenters. The monoisotopic (exact) mass is 1170 g/mol. The summed E-state index contributed by atoms with van der Waals surface area (Å²) in [6, 6.07) is 19.0. The zero-order valence-corrected chi connectivity index (χ0v) is 49.2. The number of methoxy groups -OCH3 is 2. The molecular formula is C62H80N2O20. The van der Waals surface area contributed by atoms with E-state index in [0.717, 1.165) is 11.1 Å². The predicted molar refractivity (Wildman–Crippen MR) is 296 cm³/mol. The number of aliphatic hydroxyl groups excluding tert-OH is 2. The molecule has 0 saturated carbocycles. The van der Waals surface area contributed by atoms with Crippen molar-refractivity contribution in [2.45, 2.75) is 215 Å². The molecule has 0 aromatic heterocycles. The second-order valence-corrected chi connectivity index (χ2v) is 24.1. The van der Waals surface area contributed by atoms with Crippen molar-refractivity contribution in [1.82, 2.24) is 10.6 Å². The Labute approximate surface area is 489 Å². The van der Waals surface area contributed by atoms with E-state index in [0.29, 0.717) is 38.8 Å². The lowest BCUT2D eigenvalue weighted by atomic mass is 9.86. The second kappa shape index (κ2) is 25.2. The normalized spacial score (nSPS) is 34.8. The highest BCUT2D eigenvalue weighted by molar-refractivity contribution is 5.96. The summed E-state index contributed by atoms with van der Waals surface area (Å²) in [6.07, 6.45) is -6.76. The first-order valence-electron chi connectivity index (χ1n) is 28.9. The van der Waals surface area contributed by atoms with Crippen LogP contribution in [0.4, 0.5) is 0 Å². The number of unbranched alkanes of at least 4 members (excludes halogenated alkanes) is 3. The van der Waals surface area contributed by atoms with Crippen LogP contribution in [0.25, 0.3) is 0 Å². The van der Waals surface area contributed by atoms with Gasteiger partial charge in [0.05, 0.1) is 38.6 Å². The summed E-state index contributed by atoms with van der Waals surface area (Å²) in [4.78, 5) is 54.7. The summed E-state index contributed by atoms with van der Waals surface area (Å²) in [5.41, 5.74) is 2.63. The van der Waals surface area contributed by atoms with E-state index in [2.05, 4.69) is 10.6 Å². The molecule has 0 radical (unpaired) electrons. The summed E-state index contributed by atoms with van der Waals surface area (Å²) in [6.45, 7) is 14.7. The van der Waals surface area contributed by atoms with Crippen molar-refractivity contribution >= 4 is 23.8 Å². The fraction of sp³-hybridized carbons (Fsp3) is 0.613. The maximum absolute atomic E-state index is 14.2. The van der Waals surface area contributed by atoms with Gasteiger partial charge < -0.3 is 87.2 Å². The third-order valence-electron chi connectivity index (χ3n) is 16.0. The zero-order valence-electron chi connectivity index (χ0n) is 49.2. The van der Waals surface area contributed by atoms with Gasteiger partial charge in [-0.3, -0.25) is 9.59 Å².